The van der Waals surface area contributed by atoms with Crippen LogP contribution in [0.15, 0.2) is 24.3 Å². The minimum atomic E-state index is 0.0311. The molecule has 0 bridgehead atoms. The van der Waals surface area contributed by atoms with Gasteiger partial charge in [0.2, 0.25) is 11.9 Å². The molecule has 0 spiro atoms. The largest absolute Gasteiger partial charge is 0.379 e. The fourth-order valence-corrected chi connectivity index (χ4v) is 4.30. The lowest BCUT2D eigenvalue weighted by Crippen LogP contribution is -2.46. The first kappa shape index (κ1) is 19.2. The number of carbonyl (C=O) groups excluding carboxylic acids is 1. The van der Waals surface area contributed by atoms with Crippen molar-refractivity contribution in [2.75, 3.05) is 57.4 Å². The zero-order chi connectivity index (χ0) is 19.3. The molecule has 2 aromatic rings. The maximum atomic E-state index is 12.7. The number of piperidine rings is 1. The van der Waals surface area contributed by atoms with Gasteiger partial charge in [0.05, 0.1) is 30.2 Å². The number of morpholine rings is 1. The molecule has 2 aliphatic rings. The maximum Gasteiger partial charge on any atom is 0.224 e. The number of benzene rings is 1. The van der Waals surface area contributed by atoms with Crippen LogP contribution in [0.25, 0.3) is 11.0 Å². The summed E-state index contributed by atoms with van der Waals surface area (Å²) in [5.74, 6) is 1.20. The van der Waals surface area contributed by atoms with Crippen molar-refractivity contribution in [3.63, 3.8) is 0 Å². The molecule has 1 aromatic carbocycles. The number of para-hydroxylation sites is 2. The van der Waals surface area contributed by atoms with Crippen LogP contribution < -0.4 is 10.2 Å². The summed E-state index contributed by atoms with van der Waals surface area (Å²) in [5.41, 5.74) is 2.19. The number of carbonyl (C=O) groups is 1. The van der Waals surface area contributed by atoms with E-state index in [0.29, 0.717) is 6.54 Å². The summed E-state index contributed by atoms with van der Waals surface area (Å²) in [4.78, 5) is 22.2. The van der Waals surface area contributed by atoms with E-state index < -0.39 is 0 Å². The molecule has 0 radical (unpaired) electrons. The number of nitrogens with one attached hydrogen (secondary N) is 1. The highest BCUT2D eigenvalue weighted by atomic mass is 16.5. The number of fused-ring (bicyclic) bond motifs is 1. The van der Waals surface area contributed by atoms with Gasteiger partial charge in [-0.1, -0.05) is 12.1 Å². The van der Waals surface area contributed by atoms with E-state index in [1.54, 1.807) is 0 Å². The fourth-order valence-electron chi connectivity index (χ4n) is 4.30. The summed E-state index contributed by atoms with van der Waals surface area (Å²) < 4.78 is 7.63. The molecule has 28 heavy (non-hydrogen) atoms. The summed E-state index contributed by atoms with van der Waals surface area (Å²) in [6, 6.07) is 8.26. The van der Waals surface area contributed by atoms with E-state index in [9.17, 15) is 4.79 Å². The Morgan fingerprint density at radius 3 is 2.89 bits per heavy atom. The third-order valence-electron chi connectivity index (χ3n) is 5.86. The average molecular weight is 386 g/mol. The second kappa shape index (κ2) is 8.92. The Morgan fingerprint density at radius 2 is 2.07 bits per heavy atom. The van der Waals surface area contributed by atoms with Gasteiger partial charge in [-0.05, 0) is 31.9 Å². The van der Waals surface area contributed by atoms with Crippen LogP contribution in [0.5, 0.6) is 0 Å². The lowest BCUT2D eigenvalue weighted by Gasteiger charge is -2.33. The molecule has 4 rings (SSSR count). The molecule has 2 fully saturated rings. The topological polar surface area (TPSA) is 62.6 Å². The van der Waals surface area contributed by atoms with Crippen LogP contribution >= 0.6 is 0 Å². The summed E-state index contributed by atoms with van der Waals surface area (Å²) in [7, 11) is 0. The van der Waals surface area contributed by atoms with Gasteiger partial charge in [-0.3, -0.25) is 9.69 Å². The third-order valence-corrected chi connectivity index (χ3v) is 5.86. The van der Waals surface area contributed by atoms with Crippen LogP contribution in [-0.4, -0.2) is 72.8 Å². The summed E-state index contributed by atoms with van der Waals surface area (Å²) >= 11 is 0. The van der Waals surface area contributed by atoms with Gasteiger partial charge in [0.25, 0.3) is 0 Å². The summed E-state index contributed by atoms with van der Waals surface area (Å²) in [6.45, 7) is 9.85. The van der Waals surface area contributed by atoms with Crippen molar-refractivity contribution in [2.24, 2.45) is 5.92 Å². The molecule has 1 amide bonds. The zero-order valence-corrected chi connectivity index (χ0v) is 16.8. The van der Waals surface area contributed by atoms with Crippen LogP contribution in [0.1, 0.15) is 19.8 Å². The Bertz CT molecular complexity index is 799. The highest BCUT2D eigenvalue weighted by Gasteiger charge is 2.28. The number of aromatic nitrogens is 2. The molecular weight excluding hydrogens is 354 g/mol. The van der Waals surface area contributed by atoms with Crippen LogP contribution in [0.4, 0.5) is 5.95 Å². The molecule has 1 aromatic heterocycles. The predicted octanol–water partition coefficient (Wildman–Crippen LogP) is 1.72. The van der Waals surface area contributed by atoms with Crippen LogP contribution in [0, 0.1) is 5.92 Å². The molecule has 0 aliphatic carbocycles. The van der Waals surface area contributed by atoms with Gasteiger partial charge in [0, 0.05) is 45.8 Å². The molecule has 3 heterocycles. The van der Waals surface area contributed by atoms with Crippen molar-refractivity contribution in [1.29, 1.82) is 0 Å². The number of amides is 1. The number of anilines is 1. The molecule has 2 aliphatic heterocycles. The smallest absolute Gasteiger partial charge is 0.224 e. The van der Waals surface area contributed by atoms with Crippen LogP contribution in [0.3, 0.4) is 0 Å². The van der Waals surface area contributed by atoms with Gasteiger partial charge in [-0.15, -0.1) is 0 Å². The molecule has 1 atom stereocenters. The minimum Gasteiger partial charge on any atom is -0.379 e. The normalized spacial score (nSPS) is 21.2. The molecule has 1 N–H and O–H groups in total. The SMILES string of the molecule is CCn1c(N2CCCC(C(=O)NCCN3CCOCC3)C2)nc2ccccc21. The molecule has 1 unspecified atom stereocenters. The highest BCUT2D eigenvalue weighted by molar-refractivity contribution is 5.81. The quantitative estimate of drug-likeness (QED) is 0.820. The van der Waals surface area contributed by atoms with E-state index in [1.165, 1.54) is 0 Å². The average Bonchev–Trinajstić information content (AvgIpc) is 3.13. The number of hydrogen-bond donors (Lipinski definition) is 1. The van der Waals surface area contributed by atoms with Crippen LogP contribution in [-0.2, 0) is 16.1 Å². The van der Waals surface area contributed by atoms with Crippen molar-refractivity contribution < 1.29 is 9.53 Å². The van der Waals surface area contributed by atoms with Gasteiger partial charge in [-0.25, -0.2) is 4.98 Å². The Morgan fingerprint density at radius 1 is 1.25 bits per heavy atom. The van der Waals surface area contributed by atoms with Crippen molar-refractivity contribution >= 4 is 22.9 Å². The second-order valence-electron chi connectivity index (χ2n) is 7.67. The Hall–Kier alpha value is -2.12. The van der Waals surface area contributed by atoms with Gasteiger partial charge in [0.1, 0.15) is 0 Å². The molecular formula is C21H31N5O2. The van der Waals surface area contributed by atoms with E-state index in [0.717, 1.165) is 82.3 Å². The summed E-state index contributed by atoms with van der Waals surface area (Å²) in [6.07, 6.45) is 1.97. The Balaban J connectivity index is 1.37. The summed E-state index contributed by atoms with van der Waals surface area (Å²) in [5, 5.41) is 3.15. The van der Waals surface area contributed by atoms with Crippen molar-refractivity contribution in [3.8, 4) is 0 Å². The number of nitrogens with zero attached hydrogens (tertiary/aromatic N) is 4. The van der Waals surface area contributed by atoms with Crippen molar-refractivity contribution in [2.45, 2.75) is 26.3 Å². The van der Waals surface area contributed by atoms with E-state index in [1.807, 2.05) is 6.07 Å². The highest BCUT2D eigenvalue weighted by Crippen LogP contribution is 2.27. The van der Waals surface area contributed by atoms with E-state index in [4.69, 9.17) is 9.72 Å². The van der Waals surface area contributed by atoms with E-state index in [-0.39, 0.29) is 11.8 Å². The molecule has 0 saturated carbocycles. The van der Waals surface area contributed by atoms with Gasteiger partial charge in [-0.2, -0.15) is 0 Å². The van der Waals surface area contributed by atoms with Gasteiger partial charge >= 0.3 is 0 Å². The van der Waals surface area contributed by atoms with Crippen LogP contribution in [0.2, 0.25) is 0 Å². The molecule has 152 valence electrons. The first-order valence-corrected chi connectivity index (χ1v) is 10.5. The number of ether oxygens (including phenoxy) is 1. The number of rotatable bonds is 6. The number of hydrogen-bond acceptors (Lipinski definition) is 5. The third kappa shape index (κ3) is 4.15. The van der Waals surface area contributed by atoms with Crippen molar-refractivity contribution in [1.82, 2.24) is 19.8 Å². The van der Waals surface area contributed by atoms with Gasteiger partial charge in [0.15, 0.2) is 0 Å². The van der Waals surface area contributed by atoms with E-state index in [2.05, 4.69) is 44.8 Å². The fraction of sp³-hybridized carbons (Fsp3) is 0.619. The zero-order valence-electron chi connectivity index (χ0n) is 16.8. The number of aryl methyl sites for hydroxylation is 1. The van der Waals surface area contributed by atoms with E-state index >= 15 is 0 Å². The second-order valence-corrected chi connectivity index (χ2v) is 7.67. The van der Waals surface area contributed by atoms with Gasteiger partial charge < -0.3 is 19.5 Å². The standard InChI is InChI=1S/C21H31N5O2/c1-2-26-19-8-4-3-7-18(19)23-21(26)25-10-5-6-17(16-25)20(27)22-9-11-24-12-14-28-15-13-24/h3-4,7-8,17H,2,5-6,9-16H2,1H3,(H,22,27). The molecule has 7 nitrogen and oxygen atoms in total. The maximum absolute atomic E-state index is 12.7. The first-order valence-electron chi connectivity index (χ1n) is 10.5. The lowest BCUT2D eigenvalue weighted by molar-refractivity contribution is -0.125. The predicted molar refractivity (Wildman–Crippen MR) is 111 cm³/mol. The number of imidazole rings is 1. The Labute approximate surface area is 166 Å². The Kier molecular flexibility index (Phi) is 6.12. The monoisotopic (exact) mass is 385 g/mol. The molecule has 2 saturated heterocycles. The first-order chi connectivity index (χ1) is 13.8. The lowest BCUT2D eigenvalue weighted by atomic mass is 9.97. The minimum absolute atomic E-state index is 0.0311. The van der Waals surface area contributed by atoms with Crippen molar-refractivity contribution in [3.05, 3.63) is 24.3 Å². The molecule has 7 heteroatoms.